The lowest BCUT2D eigenvalue weighted by atomic mass is 9.78. The maximum absolute atomic E-state index is 12.6. The van der Waals surface area contributed by atoms with Crippen molar-refractivity contribution in [1.82, 2.24) is 14.5 Å². The predicted octanol–water partition coefficient (Wildman–Crippen LogP) is 2.55. The lowest BCUT2D eigenvalue weighted by Crippen LogP contribution is -2.52. The Morgan fingerprint density at radius 2 is 1.79 bits per heavy atom. The second-order valence-corrected chi connectivity index (χ2v) is 10.2. The zero-order valence-electron chi connectivity index (χ0n) is 17.5. The van der Waals surface area contributed by atoms with Crippen LogP contribution in [0.1, 0.15) is 38.7 Å². The lowest BCUT2D eigenvalue weighted by Gasteiger charge is -2.36. The highest BCUT2D eigenvalue weighted by Crippen LogP contribution is 2.29. The van der Waals surface area contributed by atoms with E-state index in [9.17, 15) is 13.2 Å². The zero-order valence-corrected chi connectivity index (χ0v) is 18.3. The van der Waals surface area contributed by atoms with Crippen molar-refractivity contribution in [2.24, 2.45) is 11.8 Å². The summed E-state index contributed by atoms with van der Waals surface area (Å²) in [5.74, 6) is 1.20. The van der Waals surface area contributed by atoms with Crippen LogP contribution in [0.25, 0.3) is 6.08 Å². The van der Waals surface area contributed by atoms with Crippen LogP contribution in [0.4, 0.5) is 0 Å². The molecule has 1 saturated carbocycles. The molecule has 2 aliphatic rings. The van der Waals surface area contributed by atoms with E-state index in [4.69, 9.17) is 0 Å². The van der Waals surface area contributed by atoms with Crippen molar-refractivity contribution < 1.29 is 13.2 Å². The van der Waals surface area contributed by atoms with E-state index in [-0.39, 0.29) is 11.9 Å². The Morgan fingerprint density at radius 1 is 1.10 bits per heavy atom. The number of nitrogens with zero attached hydrogens (tertiary/aromatic N) is 2. The Kier molecular flexibility index (Phi) is 7.49. The Balaban J connectivity index is 1.46. The fourth-order valence-electron chi connectivity index (χ4n) is 4.20. The fraction of sp³-hybridized carbons (Fsp3) is 0.591. The standard InChI is InChI=1S/C22H33N3O3S/c1-18-7-6-10-21(19(18)2)23-22(26)17-24-12-14-25(15-13-24)29(27,28)16-11-20-8-4-3-5-9-20/h3-5,8-9,11,16,18-19,21H,6-7,10,12-15,17H2,1-2H3,(H,23,26). The van der Waals surface area contributed by atoms with Gasteiger partial charge in [0.15, 0.2) is 0 Å². The number of hydrogen-bond donors (Lipinski definition) is 1. The third-order valence-corrected chi connectivity index (χ3v) is 7.91. The Labute approximate surface area is 175 Å². The van der Waals surface area contributed by atoms with Crippen LogP contribution in [-0.2, 0) is 14.8 Å². The van der Waals surface area contributed by atoms with Crippen molar-refractivity contribution >= 4 is 22.0 Å². The minimum absolute atomic E-state index is 0.0521. The van der Waals surface area contributed by atoms with Gasteiger partial charge in [-0.1, -0.05) is 57.0 Å². The summed E-state index contributed by atoms with van der Waals surface area (Å²) in [5.41, 5.74) is 0.859. The van der Waals surface area contributed by atoms with Gasteiger partial charge in [-0.05, 0) is 29.9 Å². The summed E-state index contributed by atoms with van der Waals surface area (Å²) in [7, 11) is -3.44. The van der Waals surface area contributed by atoms with Crippen LogP contribution in [0.15, 0.2) is 35.7 Å². The maximum Gasteiger partial charge on any atom is 0.236 e. The molecule has 3 atom stereocenters. The van der Waals surface area contributed by atoms with Gasteiger partial charge in [0, 0.05) is 37.6 Å². The number of carbonyl (C=O) groups excluding carboxylic acids is 1. The summed E-state index contributed by atoms with van der Waals surface area (Å²) >= 11 is 0. The van der Waals surface area contributed by atoms with Gasteiger partial charge in [0.1, 0.15) is 0 Å². The Morgan fingerprint density at radius 3 is 2.48 bits per heavy atom. The molecule has 2 fully saturated rings. The maximum atomic E-state index is 12.6. The van der Waals surface area contributed by atoms with Gasteiger partial charge in [-0.15, -0.1) is 0 Å². The van der Waals surface area contributed by atoms with Gasteiger partial charge >= 0.3 is 0 Å². The average molecular weight is 420 g/mol. The second kappa shape index (κ2) is 9.87. The molecule has 0 radical (unpaired) electrons. The topological polar surface area (TPSA) is 69.7 Å². The van der Waals surface area contributed by atoms with Crippen LogP contribution in [0.2, 0.25) is 0 Å². The normalized spacial score (nSPS) is 27.2. The number of piperazine rings is 1. The summed E-state index contributed by atoms with van der Waals surface area (Å²) in [6, 6.07) is 9.66. The Hall–Kier alpha value is -1.70. The van der Waals surface area contributed by atoms with E-state index in [1.807, 2.05) is 35.2 Å². The minimum atomic E-state index is -3.44. The van der Waals surface area contributed by atoms with Gasteiger partial charge < -0.3 is 5.32 Å². The first-order valence-corrected chi connectivity index (χ1v) is 12.1. The molecule has 0 bridgehead atoms. The molecule has 160 valence electrons. The van der Waals surface area contributed by atoms with Gasteiger partial charge in [-0.2, -0.15) is 4.31 Å². The molecule has 1 aliphatic carbocycles. The van der Waals surface area contributed by atoms with Crippen molar-refractivity contribution in [1.29, 1.82) is 0 Å². The van der Waals surface area contributed by atoms with E-state index in [1.54, 1.807) is 6.08 Å². The molecule has 29 heavy (non-hydrogen) atoms. The van der Waals surface area contributed by atoms with E-state index in [2.05, 4.69) is 19.2 Å². The van der Waals surface area contributed by atoms with Gasteiger partial charge in [-0.25, -0.2) is 8.42 Å². The molecule has 3 rings (SSSR count). The number of sulfonamides is 1. The van der Waals surface area contributed by atoms with Crippen LogP contribution in [0, 0.1) is 11.8 Å². The van der Waals surface area contributed by atoms with E-state index >= 15 is 0 Å². The fourth-order valence-corrected chi connectivity index (χ4v) is 5.37. The molecule has 1 aromatic carbocycles. The van der Waals surface area contributed by atoms with Crippen LogP contribution < -0.4 is 5.32 Å². The first-order chi connectivity index (χ1) is 13.8. The largest absolute Gasteiger partial charge is 0.352 e. The van der Waals surface area contributed by atoms with Crippen molar-refractivity contribution in [2.75, 3.05) is 32.7 Å². The monoisotopic (exact) mass is 419 g/mol. The third kappa shape index (κ3) is 6.14. The van der Waals surface area contributed by atoms with Crippen molar-refractivity contribution in [3.8, 4) is 0 Å². The van der Waals surface area contributed by atoms with Crippen LogP contribution in [0.3, 0.4) is 0 Å². The number of rotatable bonds is 6. The summed E-state index contributed by atoms with van der Waals surface area (Å²) in [5, 5.41) is 4.48. The van der Waals surface area contributed by atoms with Crippen molar-refractivity contribution in [2.45, 2.75) is 39.2 Å². The second-order valence-electron chi connectivity index (χ2n) is 8.37. The molecule has 1 N–H and O–H groups in total. The molecule has 0 spiro atoms. The molecule has 1 amide bonds. The van der Waals surface area contributed by atoms with Crippen LogP contribution in [0.5, 0.6) is 0 Å². The molecule has 1 aromatic rings. The molecule has 6 nitrogen and oxygen atoms in total. The number of nitrogens with one attached hydrogen (secondary N) is 1. The molecular formula is C22H33N3O3S. The highest BCUT2D eigenvalue weighted by Gasteiger charge is 2.30. The summed E-state index contributed by atoms with van der Waals surface area (Å²) in [6.07, 6.45) is 5.09. The molecule has 0 aromatic heterocycles. The first-order valence-electron chi connectivity index (χ1n) is 10.6. The lowest BCUT2D eigenvalue weighted by molar-refractivity contribution is -0.124. The molecule has 7 heteroatoms. The summed E-state index contributed by atoms with van der Waals surface area (Å²) in [6.45, 7) is 6.78. The quantitative estimate of drug-likeness (QED) is 0.769. The molecule has 1 heterocycles. The van der Waals surface area contributed by atoms with E-state index in [0.29, 0.717) is 44.6 Å². The zero-order chi connectivity index (χ0) is 20.9. The highest BCUT2D eigenvalue weighted by molar-refractivity contribution is 7.92. The molecule has 1 aliphatic heterocycles. The highest BCUT2D eigenvalue weighted by atomic mass is 32.2. The van der Waals surface area contributed by atoms with Crippen molar-refractivity contribution in [3.63, 3.8) is 0 Å². The SMILES string of the molecule is CC1CCCC(NC(=O)CN2CCN(S(=O)(=O)C=Cc3ccccc3)CC2)C1C. The van der Waals surface area contributed by atoms with E-state index in [1.165, 1.54) is 22.6 Å². The number of amides is 1. The smallest absolute Gasteiger partial charge is 0.236 e. The average Bonchev–Trinajstić information content (AvgIpc) is 2.71. The van der Waals surface area contributed by atoms with Crippen LogP contribution >= 0.6 is 0 Å². The number of benzene rings is 1. The van der Waals surface area contributed by atoms with Crippen molar-refractivity contribution in [3.05, 3.63) is 41.3 Å². The summed E-state index contributed by atoms with van der Waals surface area (Å²) in [4.78, 5) is 14.5. The van der Waals surface area contributed by atoms with E-state index < -0.39 is 10.0 Å². The Bertz CT molecular complexity index is 802. The van der Waals surface area contributed by atoms with Gasteiger partial charge in [0.05, 0.1) is 6.54 Å². The van der Waals surface area contributed by atoms with Gasteiger partial charge in [-0.3, -0.25) is 9.69 Å². The van der Waals surface area contributed by atoms with Gasteiger partial charge in [0.25, 0.3) is 0 Å². The first kappa shape index (κ1) is 22.0. The molecule has 3 unspecified atom stereocenters. The molecule has 1 saturated heterocycles. The third-order valence-electron chi connectivity index (χ3n) is 6.34. The van der Waals surface area contributed by atoms with Gasteiger partial charge in [0.2, 0.25) is 15.9 Å². The summed E-state index contributed by atoms with van der Waals surface area (Å²) < 4.78 is 26.6. The number of hydrogen-bond acceptors (Lipinski definition) is 4. The number of carbonyl (C=O) groups is 1. The molecular weight excluding hydrogens is 386 g/mol. The van der Waals surface area contributed by atoms with E-state index in [0.717, 1.165) is 12.0 Å². The minimum Gasteiger partial charge on any atom is -0.352 e. The predicted molar refractivity (Wildman–Crippen MR) is 117 cm³/mol. The van der Waals surface area contributed by atoms with Crippen LogP contribution in [-0.4, -0.2) is 62.3 Å².